The van der Waals surface area contributed by atoms with Crippen LogP contribution in [0, 0.1) is 0 Å². The van der Waals surface area contributed by atoms with E-state index < -0.39 is 235 Å². The van der Waals surface area contributed by atoms with Crippen LogP contribution in [0.3, 0.4) is 0 Å². The van der Waals surface area contributed by atoms with Crippen LogP contribution in [0.2, 0.25) is 0 Å². The molecule has 0 aliphatic carbocycles. The van der Waals surface area contributed by atoms with Crippen LogP contribution in [-0.2, 0) is 66.5 Å². The number of carbonyl (C=O) groups excluding carboxylic acids is 3. The van der Waals surface area contributed by atoms with Crippen LogP contribution in [-0.4, -0.2) is 317 Å². The van der Waals surface area contributed by atoms with E-state index in [1.165, 1.54) is 6.92 Å². The minimum atomic E-state index is -2.22. The number of carbonyl (C=O) groups is 3. The molecule has 6 aliphatic heterocycles. The summed E-state index contributed by atoms with van der Waals surface area (Å²) in [5, 5.41) is 180. The fraction of sp³-hybridized carbons (Fsp3) is 0.929. The zero-order valence-corrected chi connectivity index (χ0v) is 40.7. The second-order valence-electron chi connectivity index (χ2n) is 18.9. The maximum Gasteiger partial charge on any atom is 0.217 e. The Balaban J connectivity index is 1.23. The molecule has 0 aromatic carbocycles. The van der Waals surface area contributed by atoms with Gasteiger partial charge in [-0.3, -0.25) is 14.4 Å². The molecule has 6 rings (SSSR count). The summed E-state index contributed by atoms with van der Waals surface area (Å²) in [5.74, 6) is -2.39. The molecule has 0 bridgehead atoms. The Hall–Kier alpha value is -2.67. The summed E-state index contributed by atoms with van der Waals surface area (Å²) >= 11 is 0. The predicted molar refractivity (Wildman–Crippen MR) is 233 cm³/mol. The van der Waals surface area contributed by atoms with Gasteiger partial charge in [-0.05, 0) is 6.92 Å². The van der Waals surface area contributed by atoms with Gasteiger partial charge in [-0.1, -0.05) is 0 Å². The summed E-state index contributed by atoms with van der Waals surface area (Å²) < 4.78 is 63.6. The first-order chi connectivity index (χ1) is 35.4. The fourth-order valence-electron chi connectivity index (χ4n) is 9.65. The van der Waals surface area contributed by atoms with E-state index in [-0.39, 0.29) is 0 Å². The van der Waals surface area contributed by atoms with Crippen LogP contribution in [0.15, 0.2) is 0 Å². The van der Waals surface area contributed by atoms with Crippen molar-refractivity contribution in [1.82, 2.24) is 16.0 Å². The molecule has 33 heteroatoms. The molecular formula is C42H71N3O30. The lowest BCUT2D eigenvalue weighted by molar-refractivity contribution is -0.391. The lowest BCUT2D eigenvalue weighted by atomic mass is 9.93. The van der Waals surface area contributed by atoms with Crippen molar-refractivity contribution < 1.29 is 148 Å². The first-order valence-corrected chi connectivity index (χ1v) is 24.0. The Bertz CT molecular complexity index is 1850. The zero-order chi connectivity index (χ0) is 55.5. The maximum absolute atomic E-state index is 12.7. The minimum Gasteiger partial charge on any atom is -0.394 e. The highest BCUT2D eigenvalue weighted by Crippen LogP contribution is 2.37. The normalized spacial score (nSPS) is 48.6. The summed E-state index contributed by atoms with van der Waals surface area (Å²) in [6.07, 6.45) is -49.6. The highest BCUT2D eigenvalue weighted by atomic mass is 16.8. The van der Waals surface area contributed by atoms with Crippen molar-refractivity contribution in [2.75, 3.05) is 33.0 Å². The van der Waals surface area contributed by atoms with Crippen molar-refractivity contribution in [3.8, 4) is 0 Å². The summed E-state index contributed by atoms with van der Waals surface area (Å²) in [5.41, 5.74) is 0. The Morgan fingerprint density at radius 2 is 0.720 bits per heavy atom. The topological polar surface area (TPSA) is 513 Å². The van der Waals surface area contributed by atoms with Gasteiger partial charge >= 0.3 is 0 Å². The number of hydrogen-bond acceptors (Lipinski definition) is 30. The first kappa shape index (κ1) is 61.5. The van der Waals surface area contributed by atoms with Crippen LogP contribution >= 0.6 is 0 Å². The lowest BCUT2D eigenvalue weighted by Gasteiger charge is -2.51. The van der Waals surface area contributed by atoms with Gasteiger partial charge in [0.15, 0.2) is 37.7 Å². The predicted octanol–water partition coefficient (Wildman–Crippen LogP) is -12.6. The van der Waals surface area contributed by atoms with E-state index in [9.17, 15) is 96.1 Å². The number of rotatable bonds is 18. The van der Waals surface area contributed by atoms with E-state index in [0.717, 1.165) is 20.8 Å². The molecule has 0 aromatic rings. The van der Waals surface area contributed by atoms with E-state index >= 15 is 0 Å². The summed E-state index contributed by atoms with van der Waals surface area (Å²) in [7, 11) is 0. The highest BCUT2D eigenvalue weighted by molar-refractivity contribution is 5.74. The van der Waals surface area contributed by atoms with Crippen LogP contribution in [0.25, 0.3) is 0 Å². The van der Waals surface area contributed by atoms with Gasteiger partial charge in [0.2, 0.25) is 17.7 Å². The second kappa shape index (κ2) is 26.5. The molecule has 19 N–H and O–H groups in total. The van der Waals surface area contributed by atoms with Gasteiger partial charge in [0.05, 0.1) is 39.1 Å². The molecule has 30 atom stereocenters. The average Bonchev–Trinajstić information content (AvgIpc) is 3.36. The molecule has 0 unspecified atom stereocenters. The van der Waals surface area contributed by atoms with Gasteiger partial charge in [0.25, 0.3) is 0 Å². The van der Waals surface area contributed by atoms with Gasteiger partial charge in [-0.2, -0.15) is 0 Å². The molecular weight excluding hydrogens is 1030 g/mol. The molecule has 0 aromatic heterocycles. The van der Waals surface area contributed by atoms with E-state index in [0.29, 0.717) is 0 Å². The third-order valence-corrected chi connectivity index (χ3v) is 13.6. The molecule has 3 amide bonds. The molecule has 6 aliphatic rings. The Kier molecular flexibility index (Phi) is 21.8. The van der Waals surface area contributed by atoms with E-state index in [1.54, 1.807) is 0 Å². The standard InChI is InChI=1S/C42H71N3O30/c1-10-22(54)28(60)30(62)40(65-10)75-36-29(61)23(55)14(5-46)68-42(36)72-33-18(9-50)70-39(20(27(33)59)44-12(3)52)74-35-25(57)16(7-48)67-41(31(35)63)71-32-17(8-49)69-38(19(26(32)58)43-11(2)51)73-34-21(45-13(4)53)37(64)66-15(6-47)24(34)56/h10,14-42,46-50,54-64H,5-9H2,1-4H3,(H,43,51)(H,44,52)(H,45,53)/t10-,14+,15+,16+,17+,18+,19+,20+,21+,22+,23-,24-,25-,26+,27+,28+,29-,30-,31+,32+,33+,34+,35-,36+,37-,38-,39-,40-,41-,42-/m0/s1. The van der Waals surface area contributed by atoms with Crippen LogP contribution in [0.4, 0.5) is 0 Å². The van der Waals surface area contributed by atoms with Crippen molar-refractivity contribution in [3.05, 3.63) is 0 Å². The number of aliphatic hydroxyl groups is 16. The molecule has 0 radical (unpaired) electrons. The first-order valence-electron chi connectivity index (χ1n) is 24.0. The summed E-state index contributed by atoms with van der Waals surface area (Å²) in [4.78, 5) is 37.3. The average molecular weight is 1100 g/mol. The van der Waals surface area contributed by atoms with Gasteiger partial charge in [-0.25, -0.2) is 0 Å². The smallest absolute Gasteiger partial charge is 0.217 e. The quantitative estimate of drug-likeness (QED) is 0.0606. The van der Waals surface area contributed by atoms with Gasteiger partial charge in [0.1, 0.15) is 140 Å². The fourth-order valence-corrected chi connectivity index (χ4v) is 9.65. The van der Waals surface area contributed by atoms with Crippen LogP contribution < -0.4 is 16.0 Å². The molecule has 75 heavy (non-hydrogen) atoms. The lowest BCUT2D eigenvalue weighted by Crippen LogP contribution is -2.71. The van der Waals surface area contributed by atoms with Crippen molar-refractivity contribution in [2.24, 2.45) is 0 Å². The molecule has 0 saturated carbocycles. The zero-order valence-electron chi connectivity index (χ0n) is 40.7. The Morgan fingerprint density at radius 3 is 1.21 bits per heavy atom. The largest absolute Gasteiger partial charge is 0.394 e. The van der Waals surface area contributed by atoms with Gasteiger partial charge in [-0.15, -0.1) is 0 Å². The molecule has 0 spiro atoms. The van der Waals surface area contributed by atoms with Crippen molar-refractivity contribution in [2.45, 2.75) is 212 Å². The maximum atomic E-state index is 12.7. The van der Waals surface area contributed by atoms with E-state index in [1.807, 2.05) is 0 Å². The minimum absolute atomic E-state index is 0.723. The third-order valence-electron chi connectivity index (χ3n) is 13.6. The monoisotopic (exact) mass is 1100 g/mol. The number of amides is 3. The van der Waals surface area contributed by atoms with Gasteiger partial charge in [0, 0.05) is 20.8 Å². The molecule has 6 saturated heterocycles. The van der Waals surface area contributed by atoms with Crippen molar-refractivity contribution in [3.63, 3.8) is 0 Å². The summed E-state index contributed by atoms with van der Waals surface area (Å²) in [6, 6.07) is -5.04. The number of nitrogens with one attached hydrogen (secondary N) is 3. The van der Waals surface area contributed by atoms with E-state index in [2.05, 4.69) is 16.0 Å². The van der Waals surface area contributed by atoms with Crippen LogP contribution in [0.1, 0.15) is 27.7 Å². The number of hydrogen-bond donors (Lipinski definition) is 19. The van der Waals surface area contributed by atoms with E-state index in [4.69, 9.17) is 52.1 Å². The molecule has 6 fully saturated rings. The highest BCUT2D eigenvalue weighted by Gasteiger charge is 2.58. The number of ether oxygens (including phenoxy) is 11. The Morgan fingerprint density at radius 1 is 0.347 bits per heavy atom. The SMILES string of the molecule is CC(=O)N[C@@H]1[C@@H](O[C@@H]2O[C@H](CO)[C@@H](O[C@@H]3O[C@H](CO)[C@H](O)[C@H](O[C@@H]4O[C@H](CO)[C@@H](O[C@@H]5O[C@H](CO)[C@H](O)[C@H](O)[C@H]5O[C@@H]5O[C@@H](C)[C@@H](O)[C@@H](O)[C@@H]5O)[C@H](O)[C@H]4NC(C)=O)[C@H]3O)[C@H](O)[C@H]2NC(C)=O)[C@@H](O)[C@@H](CO)O[C@@H]1O. The second-order valence-corrected chi connectivity index (χ2v) is 18.9. The van der Waals surface area contributed by atoms with Crippen molar-refractivity contribution >= 4 is 17.7 Å². The van der Waals surface area contributed by atoms with Gasteiger partial charge < -0.3 is 150 Å². The van der Waals surface area contributed by atoms with Crippen molar-refractivity contribution in [1.29, 1.82) is 0 Å². The van der Waals surface area contributed by atoms with Crippen LogP contribution in [0.5, 0.6) is 0 Å². The number of aliphatic hydroxyl groups excluding tert-OH is 16. The summed E-state index contributed by atoms with van der Waals surface area (Å²) in [6.45, 7) is -0.438. The molecule has 434 valence electrons. The molecule has 6 heterocycles. The third kappa shape index (κ3) is 13.5. The Labute approximate surface area is 426 Å². The molecule has 33 nitrogen and oxygen atoms in total.